The summed E-state index contributed by atoms with van der Waals surface area (Å²) in [6.07, 6.45) is 0. The van der Waals surface area contributed by atoms with Crippen molar-refractivity contribution >= 4 is 10.2 Å². The lowest BCUT2D eigenvalue weighted by molar-refractivity contribution is 0.451. The number of nitrogens with one attached hydrogen (secondary N) is 2. The summed E-state index contributed by atoms with van der Waals surface area (Å²) in [5, 5.41) is 0. The van der Waals surface area contributed by atoms with Crippen LogP contribution in [0.25, 0.3) is 0 Å². The van der Waals surface area contributed by atoms with Gasteiger partial charge in [-0.05, 0) is 19.4 Å². The highest BCUT2D eigenvalue weighted by Crippen LogP contribution is 1.99. The molecule has 0 aliphatic carbocycles. The maximum absolute atomic E-state index is 11.0. The molecule has 0 aliphatic heterocycles. The average Bonchev–Trinajstić information content (AvgIpc) is 2.02. The van der Waals surface area contributed by atoms with Crippen LogP contribution in [0.1, 0.15) is 13.8 Å². The molecule has 12 heavy (non-hydrogen) atoms. The normalized spacial score (nSPS) is 17.3. The Hall–Kier alpha value is -0.170. The summed E-state index contributed by atoms with van der Waals surface area (Å²) >= 11 is 0. The third-order valence-corrected chi connectivity index (χ3v) is 3.05. The van der Waals surface area contributed by atoms with E-state index < -0.39 is 10.2 Å². The van der Waals surface area contributed by atoms with E-state index in [4.69, 9.17) is 5.73 Å². The predicted octanol–water partition coefficient (Wildman–Crippen LogP) is -0.976. The maximum Gasteiger partial charge on any atom is 0.276 e. The molecule has 0 bridgehead atoms. The van der Waals surface area contributed by atoms with Crippen molar-refractivity contribution in [3.63, 3.8) is 0 Å². The van der Waals surface area contributed by atoms with E-state index in [0.717, 1.165) is 0 Å². The molecule has 0 radical (unpaired) electrons. The Kier molecular flexibility index (Phi) is 4.69. The Morgan fingerprint density at radius 3 is 2.25 bits per heavy atom. The molecule has 4 N–H and O–H groups in total. The molecule has 5 nitrogen and oxygen atoms in total. The molecule has 0 fully saturated rings. The molecule has 74 valence electrons. The van der Waals surface area contributed by atoms with Crippen molar-refractivity contribution in [2.75, 3.05) is 13.6 Å². The van der Waals surface area contributed by atoms with Crippen LogP contribution in [0.5, 0.6) is 0 Å². The van der Waals surface area contributed by atoms with Crippen LogP contribution < -0.4 is 15.2 Å². The van der Waals surface area contributed by atoms with Crippen LogP contribution in [0, 0.1) is 5.92 Å². The average molecular weight is 195 g/mol. The summed E-state index contributed by atoms with van der Waals surface area (Å²) < 4.78 is 26.5. The second kappa shape index (κ2) is 4.76. The molecule has 0 rings (SSSR count). The van der Waals surface area contributed by atoms with Crippen LogP contribution in [0.2, 0.25) is 0 Å². The highest BCUT2D eigenvalue weighted by Gasteiger charge is 2.16. The Labute approximate surface area is 73.9 Å². The van der Waals surface area contributed by atoms with Gasteiger partial charge in [0.1, 0.15) is 0 Å². The molecule has 2 atom stereocenters. The van der Waals surface area contributed by atoms with Crippen LogP contribution in [0.4, 0.5) is 0 Å². The Bertz CT molecular complexity index is 215. The summed E-state index contributed by atoms with van der Waals surface area (Å²) in [6, 6.07) is -0.146. The van der Waals surface area contributed by atoms with E-state index in [9.17, 15) is 8.42 Å². The molecular formula is C6H17N3O2S. The zero-order chi connectivity index (χ0) is 9.78. The van der Waals surface area contributed by atoms with Gasteiger partial charge in [-0.25, -0.2) is 4.72 Å². The molecule has 2 unspecified atom stereocenters. The van der Waals surface area contributed by atoms with Gasteiger partial charge in [-0.2, -0.15) is 13.1 Å². The Morgan fingerprint density at radius 2 is 1.92 bits per heavy atom. The summed E-state index contributed by atoms with van der Waals surface area (Å²) in [5.41, 5.74) is 5.38. The van der Waals surface area contributed by atoms with E-state index in [-0.39, 0.29) is 12.0 Å². The molecule has 0 amide bonds. The van der Waals surface area contributed by atoms with Crippen molar-refractivity contribution < 1.29 is 8.42 Å². The molecule has 0 aromatic carbocycles. The van der Waals surface area contributed by atoms with Gasteiger partial charge in [0.15, 0.2) is 0 Å². The third kappa shape index (κ3) is 4.01. The highest BCUT2D eigenvalue weighted by atomic mass is 32.2. The van der Waals surface area contributed by atoms with Gasteiger partial charge < -0.3 is 5.73 Å². The lowest BCUT2D eigenvalue weighted by atomic mass is 10.1. The Morgan fingerprint density at radius 1 is 1.42 bits per heavy atom. The van der Waals surface area contributed by atoms with Crippen molar-refractivity contribution in [1.82, 2.24) is 9.44 Å². The number of rotatable bonds is 5. The fourth-order valence-corrected chi connectivity index (χ4v) is 1.46. The van der Waals surface area contributed by atoms with Crippen LogP contribution in [-0.2, 0) is 10.2 Å². The topological polar surface area (TPSA) is 84.2 Å². The molecule has 0 saturated heterocycles. The van der Waals surface area contributed by atoms with Gasteiger partial charge in [-0.3, -0.25) is 0 Å². The molecule has 0 heterocycles. The third-order valence-electron chi connectivity index (χ3n) is 1.84. The number of nitrogens with two attached hydrogens (primary N) is 1. The van der Waals surface area contributed by atoms with E-state index in [1.807, 2.05) is 6.92 Å². The van der Waals surface area contributed by atoms with Crippen molar-refractivity contribution in [3.05, 3.63) is 0 Å². The van der Waals surface area contributed by atoms with Crippen molar-refractivity contribution in [2.24, 2.45) is 11.7 Å². The minimum atomic E-state index is -3.33. The maximum atomic E-state index is 11.0. The smallest absolute Gasteiger partial charge is 0.276 e. The zero-order valence-corrected chi connectivity index (χ0v) is 8.48. The minimum absolute atomic E-state index is 0.133. The molecule has 0 aromatic heterocycles. The first-order valence-electron chi connectivity index (χ1n) is 3.83. The van der Waals surface area contributed by atoms with E-state index in [1.54, 1.807) is 6.92 Å². The van der Waals surface area contributed by atoms with Crippen LogP contribution in [0.15, 0.2) is 0 Å². The standard InChI is InChI=1S/C6H17N3O2S/c1-5(4-7)6(2)9-12(10,11)8-3/h5-6,8-9H,4,7H2,1-3H3. The van der Waals surface area contributed by atoms with E-state index in [0.29, 0.717) is 6.54 Å². The quantitative estimate of drug-likeness (QED) is 0.527. The molecule has 0 aliphatic rings. The van der Waals surface area contributed by atoms with Crippen molar-refractivity contribution in [3.8, 4) is 0 Å². The molecular weight excluding hydrogens is 178 g/mol. The first-order valence-corrected chi connectivity index (χ1v) is 5.32. The summed E-state index contributed by atoms with van der Waals surface area (Å²) in [6.45, 7) is 4.14. The van der Waals surface area contributed by atoms with E-state index >= 15 is 0 Å². The highest BCUT2D eigenvalue weighted by molar-refractivity contribution is 7.87. The minimum Gasteiger partial charge on any atom is -0.330 e. The zero-order valence-electron chi connectivity index (χ0n) is 7.66. The SMILES string of the molecule is CNS(=O)(=O)NC(C)C(C)CN. The Balaban J connectivity index is 4.09. The van der Waals surface area contributed by atoms with Gasteiger partial charge in [0.2, 0.25) is 0 Å². The first-order chi connectivity index (χ1) is 5.43. The first kappa shape index (κ1) is 11.8. The summed E-state index contributed by atoms with van der Waals surface area (Å²) in [5.74, 6) is 0.133. The van der Waals surface area contributed by atoms with Crippen LogP contribution >= 0.6 is 0 Å². The largest absolute Gasteiger partial charge is 0.330 e. The lowest BCUT2D eigenvalue weighted by Crippen LogP contribution is -2.44. The number of hydrogen-bond donors (Lipinski definition) is 3. The van der Waals surface area contributed by atoms with Gasteiger partial charge in [-0.1, -0.05) is 6.92 Å². The fraction of sp³-hybridized carbons (Fsp3) is 1.00. The van der Waals surface area contributed by atoms with E-state index in [2.05, 4.69) is 9.44 Å². The van der Waals surface area contributed by atoms with E-state index in [1.165, 1.54) is 7.05 Å². The van der Waals surface area contributed by atoms with Crippen LogP contribution in [0.3, 0.4) is 0 Å². The molecule has 0 saturated carbocycles. The van der Waals surface area contributed by atoms with Crippen LogP contribution in [-0.4, -0.2) is 28.1 Å². The molecule has 0 spiro atoms. The monoisotopic (exact) mass is 195 g/mol. The van der Waals surface area contributed by atoms with Crippen molar-refractivity contribution in [2.45, 2.75) is 19.9 Å². The second-order valence-electron chi connectivity index (χ2n) is 2.83. The summed E-state index contributed by atoms with van der Waals surface area (Å²) in [4.78, 5) is 0. The van der Waals surface area contributed by atoms with Crippen molar-refractivity contribution in [1.29, 1.82) is 0 Å². The molecule has 0 aromatic rings. The fourth-order valence-electron chi connectivity index (χ4n) is 0.624. The lowest BCUT2D eigenvalue weighted by Gasteiger charge is -2.18. The summed E-state index contributed by atoms with van der Waals surface area (Å²) in [7, 11) is -1.97. The number of hydrogen-bond acceptors (Lipinski definition) is 3. The van der Waals surface area contributed by atoms with Gasteiger partial charge in [0.05, 0.1) is 0 Å². The predicted molar refractivity (Wildman–Crippen MR) is 48.8 cm³/mol. The van der Waals surface area contributed by atoms with Gasteiger partial charge >= 0.3 is 0 Å². The van der Waals surface area contributed by atoms with Gasteiger partial charge in [-0.15, -0.1) is 0 Å². The molecule has 6 heteroatoms. The second-order valence-corrected chi connectivity index (χ2v) is 4.48. The van der Waals surface area contributed by atoms with Gasteiger partial charge in [0, 0.05) is 13.1 Å². The van der Waals surface area contributed by atoms with Gasteiger partial charge in [0.25, 0.3) is 10.2 Å².